The number of ether oxygens (including phenoxy) is 1. The number of nitrogens with one attached hydrogen (secondary N) is 1. The normalized spacial score (nSPS) is 11.9. The first-order valence-electron chi connectivity index (χ1n) is 5.87. The van der Waals surface area contributed by atoms with Crippen LogP contribution in [0.2, 0.25) is 5.02 Å². The summed E-state index contributed by atoms with van der Waals surface area (Å²) in [5.74, 6) is 0.553. The maximum atomic E-state index is 10.1. The summed E-state index contributed by atoms with van der Waals surface area (Å²) in [7, 11) is 1.57. The molecule has 2 N–H and O–H groups in total. The van der Waals surface area contributed by atoms with Gasteiger partial charge < -0.3 is 15.2 Å². The van der Waals surface area contributed by atoms with Crippen LogP contribution in [0.3, 0.4) is 0 Å². The van der Waals surface area contributed by atoms with E-state index in [1.54, 1.807) is 31.5 Å². The van der Waals surface area contributed by atoms with Crippen LogP contribution in [0.5, 0.6) is 5.88 Å². The zero-order chi connectivity index (χ0) is 13.7. The molecule has 0 spiro atoms. The summed E-state index contributed by atoms with van der Waals surface area (Å²) in [4.78, 5) is 4.07. The van der Waals surface area contributed by atoms with E-state index in [1.807, 2.05) is 18.2 Å². The Morgan fingerprint density at radius 1 is 1.32 bits per heavy atom. The molecule has 1 aromatic heterocycles. The summed E-state index contributed by atoms with van der Waals surface area (Å²) in [5, 5.41) is 13.7. The van der Waals surface area contributed by atoms with E-state index in [4.69, 9.17) is 16.3 Å². The quantitative estimate of drug-likeness (QED) is 0.883. The van der Waals surface area contributed by atoms with Gasteiger partial charge in [0.15, 0.2) is 0 Å². The van der Waals surface area contributed by atoms with Gasteiger partial charge in [0.1, 0.15) is 0 Å². The molecule has 0 bridgehead atoms. The molecule has 0 saturated heterocycles. The van der Waals surface area contributed by atoms with E-state index in [-0.39, 0.29) is 0 Å². The van der Waals surface area contributed by atoms with Crippen molar-refractivity contribution in [3.8, 4) is 5.88 Å². The lowest BCUT2D eigenvalue weighted by Gasteiger charge is -2.14. The highest BCUT2D eigenvalue weighted by molar-refractivity contribution is 6.31. The zero-order valence-corrected chi connectivity index (χ0v) is 11.3. The number of aromatic nitrogens is 1. The van der Waals surface area contributed by atoms with E-state index in [9.17, 15) is 5.11 Å². The van der Waals surface area contributed by atoms with Crippen LogP contribution in [0.15, 0.2) is 42.6 Å². The maximum absolute atomic E-state index is 10.1. The summed E-state index contributed by atoms with van der Waals surface area (Å²) in [6.07, 6.45) is 0.980. The van der Waals surface area contributed by atoms with Gasteiger partial charge >= 0.3 is 0 Å². The molecule has 5 heteroatoms. The van der Waals surface area contributed by atoms with Crippen LogP contribution in [0.1, 0.15) is 11.7 Å². The molecule has 0 fully saturated rings. The summed E-state index contributed by atoms with van der Waals surface area (Å²) in [5.41, 5.74) is 1.52. The van der Waals surface area contributed by atoms with Crippen molar-refractivity contribution in [2.75, 3.05) is 19.0 Å². The second-order valence-corrected chi connectivity index (χ2v) is 4.41. The highest BCUT2D eigenvalue weighted by Crippen LogP contribution is 2.23. The molecular formula is C14H15ClN2O2. The molecule has 0 aliphatic rings. The zero-order valence-electron chi connectivity index (χ0n) is 10.5. The van der Waals surface area contributed by atoms with E-state index >= 15 is 0 Å². The number of hydrogen-bond donors (Lipinski definition) is 2. The summed E-state index contributed by atoms with van der Waals surface area (Å²) < 4.78 is 4.97. The minimum Gasteiger partial charge on any atom is -0.481 e. The van der Waals surface area contributed by atoms with Crippen molar-refractivity contribution >= 4 is 17.3 Å². The highest BCUT2D eigenvalue weighted by atomic mass is 35.5. The van der Waals surface area contributed by atoms with Crippen LogP contribution < -0.4 is 10.1 Å². The number of aliphatic hydroxyl groups is 1. The number of nitrogens with zero attached hydrogens (tertiary/aromatic N) is 1. The molecule has 0 aliphatic heterocycles. The fourth-order valence-electron chi connectivity index (χ4n) is 1.68. The number of halogens is 1. The average molecular weight is 279 g/mol. The fraction of sp³-hybridized carbons (Fsp3) is 0.214. The highest BCUT2D eigenvalue weighted by Gasteiger charge is 2.10. The Bertz CT molecular complexity index is 531. The first-order chi connectivity index (χ1) is 9.20. The first kappa shape index (κ1) is 13.6. The van der Waals surface area contributed by atoms with Gasteiger partial charge in [0, 0.05) is 23.2 Å². The Labute approximate surface area is 117 Å². The SMILES string of the molecule is COc1ccc(NCC(O)c2ccccc2Cl)cn1. The third-order valence-electron chi connectivity index (χ3n) is 2.71. The smallest absolute Gasteiger partial charge is 0.213 e. The van der Waals surface area contributed by atoms with Crippen molar-refractivity contribution in [1.29, 1.82) is 0 Å². The van der Waals surface area contributed by atoms with Gasteiger partial charge in [-0.15, -0.1) is 0 Å². The number of benzene rings is 1. The minimum absolute atomic E-state index is 0.359. The topological polar surface area (TPSA) is 54.4 Å². The van der Waals surface area contributed by atoms with Crippen LogP contribution in [0.4, 0.5) is 5.69 Å². The van der Waals surface area contributed by atoms with Crippen LogP contribution in [0, 0.1) is 0 Å². The number of aliphatic hydroxyl groups excluding tert-OH is 1. The summed E-state index contributed by atoms with van der Waals surface area (Å²) in [6.45, 7) is 0.359. The molecule has 1 atom stereocenters. The van der Waals surface area contributed by atoms with Crippen molar-refractivity contribution in [1.82, 2.24) is 4.98 Å². The Morgan fingerprint density at radius 2 is 2.11 bits per heavy atom. The van der Waals surface area contributed by atoms with E-state index < -0.39 is 6.10 Å². The van der Waals surface area contributed by atoms with Crippen molar-refractivity contribution in [2.24, 2.45) is 0 Å². The van der Waals surface area contributed by atoms with Crippen molar-refractivity contribution in [2.45, 2.75) is 6.10 Å². The predicted molar refractivity (Wildman–Crippen MR) is 75.7 cm³/mol. The van der Waals surface area contributed by atoms with Gasteiger partial charge in [-0.05, 0) is 12.1 Å². The largest absolute Gasteiger partial charge is 0.481 e. The fourth-order valence-corrected chi connectivity index (χ4v) is 1.94. The monoisotopic (exact) mass is 278 g/mol. The van der Waals surface area contributed by atoms with Crippen molar-refractivity contribution < 1.29 is 9.84 Å². The van der Waals surface area contributed by atoms with Gasteiger partial charge in [-0.3, -0.25) is 0 Å². The van der Waals surface area contributed by atoms with Gasteiger partial charge in [-0.1, -0.05) is 29.8 Å². The molecule has 2 aromatic rings. The second-order valence-electron chi connectivity index (χ2n) is 4.01. The van der Waals surface area contributed by atoms with Gasteiger partial charge in [0.2, 0.25) is 5.88 Å². The molecule has 0 aliphatic carbocycles. The molecule has 100 valence electrons. The number of rotatable bonds is 5. The average Bonchev–Trinajstić information content (AvgIpc) is 2.46. The summed E-state index contributed by atoms with van der Waals surface area (Å²) >= 11 is 6.02. The Morgan fingerprint density at radius 3 is 2.74 bits per heavy atom. The minimum atomic E-state index is -0.671. The van der Waals surface area contributed by atoms with Crippen LogP contribution in [0.25, 0.3) is 0 Å². The molecule has 1 aromatic carbocycles. The lowest BCUT2D eigenvalue weighted by molar-refractivity contribution is 0.191. The van der Waals surface area contributed by atoms with Crippen molar-refractivity contribution in [3.63, 3.8) is 0 Å². The third kappa shape index (κ3) is 3.59. The number of methoxy groups -OCH3 is 1. The van der Waals surface area contributed by atoms with Crippen LogP contribution >= 0.6 is 11.6 Å². The molecule has 19 heavy (non-hydrogen) atoms. The van der Waals surface area contributed by atoms with Crippen molar-refractivity contribution in [3.05, 3.63) is 53.2 Å². The lowest BCUT2D eigenvalue weighted by atomic mass is 10.1. The molecule has 1 heterocycles. The Kier molecular flexibility index (Phi) is 4.60. The molecule has 0 amide bonds. The second kappa shape index (κ2) is 6.41. The number of pyridine rings is 1. The standard InChI is InChI=1S/C14H15ClN2O2/c1-19-14-7-6-10(8-17-14)16-9-13(18)11-4-2-3-5-12(11)15/h2-8,13,16,18H,9H2,1H3. The van der Waals surface area contributed by atoms with E-state index in [0.717, 1.165) is 5.69 Å². The molecular weight excluding hydrogens is 264 g/mol. The molecule has 4 nitrogen and oxygen atoms in total. The van der Waals surface area contributed by atoms with E-state index in [2.05, 4.69) is 10.3 Å². The van der Waals surface area contributed by atoms with Gasteiger partial charge in [-0.2, -0.15) is 0 Å². The number of hydrogen-bond acceptors (Lipinski definition) is 4. The molecule has 0 radical (unpaired) electrons. The van der Waals surface area contributed by atoms with Gasteiger partial charge in [0.25, 0.3) is 0 Å². The Hall–Kier alpha value is -1.78. The maximum Gasteiger partial charge on any atom is 0.213 e. The molecule has 1 unspecified atom stereocenters. The van der Waals surface area contributed by atoms with Gasteiger partial charge in [0.05, 0.1) is 25.1 Å². The Balaban J connectivity index is 1.96. The van der Waals surface area contributed by atoms with Crippen LogP contribution in [-0.2, 0) is 0 Å². The van der Waals surface area contributed by atoms with Gasteiger partial charge in [-0.25, -0.2) is 4.98 Å². The molecule has 0 saturated carbocycles. The molecule has 2 rings (SSSR count). The first-order valence-corrected chi connectivity index (χ1v) is 6.25. The number of anilines is 1. The predicted octanol–water partition coefficient (Wildman–Crippen LogP) is 2.89. The third-order valence-corrected chi connectivity index (χ3v) is 3.05. The lowest BCUT2D eigenvalue weighted by Crippen LogP contribution is -2.12. The summed E-state index contributed by atoms with van der Waals surface area (Å²) in [6, 6.07) is 10.8. The van der Waals surface area contributed by atoms with E-state index in [0.29, 0.717) is 23.0 Å². The van der Waals surface area contributed by atoms with E-state index in [1.165, 1.54) is 0 Å². The van der Waals surface area contributed by atoms with Crippen LogP contribution in [-0.4, -0.2) is 23.7 Å².